The van der Waals surface area contributed by atoms with Crippen molar-refractivity contribution in [2.75, 3.05) is 19.7 Å². The number of likely N-dealkylation sites (tertiary alicyclic amines) is 1. The first-order valence-corrected chi connectivity index (χ1v) is 6.40. The van der Waals surface area contributed by atoms with Crippen LogP contribution in [0.3, 0.4) is 0 Å². The number of aliphatic hydroxyl groups excluding tert-OH is 1. The summed E-state index contributed by atoms with van der Waals surface area (Å²) >= 11 is 0. The van der Waals surface area contributed by atoms with Crippen LogP contribution in [-0.2, 0) is 0 Å². The normalized spacial score (nSPS) is 30.4. The monoisotopic (exact) mass is 212 g/mol. The van der Waals surface area contributed by atoms with Crippen LogP contribution < -0.4 is 5.32 Å². The summed E-state index contributed by atoms with van der Waals surface area (Å²) in [6.07, 6.45) is 6.61. The van der Waals surface area contributed by atoms with Crippen molar-refractivity contribution in [1.29, 1.82) is 0 Å². The van der Waals surface area contributed by atoms with Gasteiger partial charge in [0.05, 0.1) is 6.61 Å². The molecule has 0 radical (unpaired) electrons. The fraction of sp³-hybridized carbons (Fsp3) is 1.00. The van der Waals surface area contributed by atoms with Crippen LogP contribution in [0.1, 0.15) is 39.0 Å². The molecule has 2 N–H and O–H groups in total. The van der Waals surface area contributed by atoms with E-state index in [1.54, 1.807) is 0 Å². The summed E-state index contributed by atoms with van der Waals surface area (Å²) in [5, 5.41) is 12.8. The first-order valence-electron chi connectivity index (χ1n) is 6.40. The number of aliphatic hydroxyl groups is 1. The standard InChI is InChI=1S/C12H24N2O/c1-10-4-2-3-7-14(10)8-12(9-15)13-11-5-6-11/h10-13,15H,2-9H2,1H3. The first-order chi connectivity index (χ1) is 7.29. The first kappa shape index (κ1) is 11.4. The molecule has 2 atom stereocenters. The molecule has 15 heavy (non-hydrogen) atoms. The highest BCUT2D eigenvalue weighted by atomic mass is 16.3. The van der Waals surface area contributed by atoms with E-state index in [2.05, 4.69) is 17.1 Å². The van der Waals surface area contributed by atoms with Crippen LogP contribution in [0.15, 0.2) is 0 Å². The van der Waals surface area contributed by atoms with Crippen LogP contribution in [0.25, 0.3) is 0 Å². The maximum atomic E-state index is 9.33. The lowest BCUT2D eigenvalue weighted by molar-refractivity contribution is 0.121. The lowest BCUT2D eigenvalue weighted by Crippen LogP contribution is -2.48. The second-order valence-corrected chi connectivity index (χ2v) is 5.16. The van der Waals surface area contributed by atoms with Gasteiger partial charge in [0.15, 0.2) is 0 Å². The van der Waals surface area contributed by atoms with Gasteiger partial charge in [-0.05, 0) is 39.2 Å². The number of piperidine rings is 1. The van der Waals surface area contributed by atoms with Crippen molar-refractivity contribution in [3.63, 3.8) is 0 Å². The number of rotatable bonds is 5. The molecule has 2 unspecified atom stereocenters. The van der Waals surface area contributed by atoms with Crippen LogP contribution in [-0.4, -0.2) is 47.8 Å². The zero-order valence-corrected chi connectivity index (χ0v) is 9.78. The number of nitrogens with zero attached hydrogens (tertiary/aromatic N) is 1. The van der Waals surface area contributed by atoms with E-state index in [0.29, 0.717) is 12.1 Å². The Balaban J connectivity index is 1.75. The molecule has 1 heterocycles. The van der Waals surface area contributed by atoms with Gasteiger partial charge in [0.25, 0.3) is 0 Å². The summed E-state index contributed by atoms with van der Waals surface area (Å²) in [5.74, 6) is 0. The van der Waals surface area contributed by atoms with Crippen LogP contribution in [0.4, 0.5) is 0 Å². The molecule has 88 valence electrons. The lowest BCUT2D eigenvalue weighted by atomic mass is 10.0. The third kappa shape index (κ3) is 3.44. The molecule has 3 heteroatoms. The Morgan fingerprint density at radius 1 is 1.33 bits per heavy atom. The molecule has 1 saturated carbocycles. The van der Waals surface area contributed by atoms with Crippen molar-refractivity contribution in [2.24, 2.45) is 0 Å². The highest BCUT2D eigenvalue weighted by Crippen LogP contribution is 2.21. The van der Waals surface area contributed by atoms with Crippen molar-refractivity contribution >= 4 is 0 Å². The van der Waals surface area contributed by atoms with Gasteiger partial charge in [-0.2, -0.15) is 0 Å². The smallest absolute Gasteiger partial charge is 0.0597 e. The fourth-order valence-corrected chi connectivity index (χ4v) is 2.46. The molecule has 0 bridgehead atoms. The predicted octanol–water partition coefficient (Wildman–Crippen LogP) is 0.974. The van der Waals surface area contributed by atoms with E-state index in [-0.39, 0.29) is 12.6 Å². The molecule has 0 aromatic heterocycles. The quantitative estimate of drug-likeness (QED) is 0.713. The molecule has 0 aromatic carbocycles. The third-order valence-electron chi connectivity index (χ3n) is 3.66. The zero-order chi connectivity index (χ0) is 10.7. The van der Waals surface area contributed by atoms with Crippen LogP contribution >= 0.6 is 0 Å². The Morgan fingerprint density at radius 3 is 2.73 bits per heavy atom. The van der Waals surface area contributed by atoms with E-state index < -0.39 is 0 Å². The van der Waals surface area contributed by atoms with E-state index in [4.69, 9.17) is 0 Å². The van der Waals surface area contributed by atoms with Gasteiger partial charge in [0.2, 0.25) is 0 Å². The maximum Gasteiger partial charge on any atom is 0.0597 e. The van der Waals surface area contributed by atoms with E-state index in [9.17, 15) is 5.11 Å². The molecule has 1 saturated heterocycles. The predicted molar refractivity (Wildman–Crippen MR) is 61.9 cm³/mol. The van der Waals surface area contributed by atoms with Gasteiger partial charge < -0.3 is 10.4 Å². The van der Waals surface area contributed by atoms with E-state index in [0.717, 1.165) is 6.54 Å². The number of nitrogens with one attached hydrogen (secondary N) is 1. The number of hydrogen-bond acceptors (Lipinski definition) is 3. The second-order valence-electron chi connectivity index (χ2n) is 5.16. The Kier molecular flexibility index (Phi) is 4.00. The largest absolute Gasteiger partial charge is 0.395 e. The zero-order valence-electron chi connectivity index (χ0n) is 9.78. The minimum absolute atomic E-state index is 0.278. The molecular weight excluding hydrogens is 188 g/mol. The van der Waals surface area contributed by atoms with Gasteiger partial charge >= 0.3 is 0 Å². The molecule has 0 spiro atoms. The van der Waals surface area contributed by atoms with Gasteiger partial charge in [0.1, 0.15) is 0 Å². The molecule has 3 nitrogen and oxygen atoms in total. The second kappa shape index (κ2) is 5.28. The Morgan fingerprint density at radius 2 is 2.13 bits per heavy atom. The molecule has 0 amide bonds. The van der Waals surface area contributed by atoms with E-state index in [1.165, 1.54) is 38.6 Å². The van der Waals surface area contributed by atoms with Crippen molar-refractivity contribution in [3.8, 4) is 0 Å². The van der Waals surface area contributed by atoms with Crippen molar-refractivity contribution < 1.29 is 5.11 Å². The summed E-state index contributed by atoms with van der Waals surface area (Å²) < 4.78 is 0. The minimum atomic E-state index is 0.278. The average Bonchev–Trinajstić information content (AvgIpc) is 3.04. The minimum Gasteiger partial charge on any atom is -0.395 e. The SMILES string of the molecule is CC1CCCCN1CC(CO)NC1CC1. The molecule has 1 aliphatic carbocycles. The molecule has 2 aliphatic rings. The average molecular weight is 212 g/mol. The molecule has 0 aromatic rings. The van der Waals surface area contributed by atoms with Gasteiger partial charge in [-0.3, -0.25) is 4.90 Å². The van der Waals surface area contributed by atoms with Crippen molar-refractivity contribution in [2.45, 2.75) is 57.2 Å². The Bertz CT molecular complexity index is 194. The van der Waals surface area contributed by atoms with Crippen LogP contribution in [0.5, 0.6) is 0 Å². The highest BCUT2D eigenvalue weighted by molar-refractivity contribution is 4.87. The topological polar surface area (TPSA) is 35.5 Å². The molecule has 2 fully saturated rings. The maximum absolute atomic E-state index is 9.33. The molecule has 1 aliphatic heterocycles. The van der Waals surface area contributed by atoms with Gasteiger partial charge in [-0.15, -0.1) is 0 Å². The fourth-order valence-electron chi connectivity index (χ4n) is 2.46. The van der Waals surface area contributed by atoms with Gasteiger partial charge in [-0.25, -0.2) is 0 Å². The van der Waals surface area contributed by atoms with Crippen LogP contribution in [0.2, 0.25) is 0 Å². The summed E-state index contributed by atoms with van der Waals surface area (Å²) in [6.45, 7) is 4.82. The Hall–Kier alpha value is -0.120. The van der Waals surface area contributed by atoms with E-state index in [1.807, 2.05) is 0 Å². The highest BCUT2D eigenvalue weighted by Gasteiger charge is 2.27. The van der Waals surface area contributed by atoms with E-state index >= 15 is 0 Å². The molecule has 2 rings (SSSR count). The summed E-state index contributed by atoms with van der Waals surface area (Å²) in [6, 6.07) is 1.69. The van der Waals surface area contributed by atoms with Crippen molar-refractivity contribution in [3.05, 3.63) is 0 Å². The number of hydrogen-bond donors (Lipinski definition) is 2. The Labute approximate surface area is 92.8 Å². The summed E-state index contributed by atoms with van der Waals surface area (Å²) in [7, 11) is 0. The molecular formula is C12H24N2O. The summed E-state index contributed by atoms with van der Waals surface area (Å²) in [5.41, 5.74) is 0. The van der Waals surface area contributed by atoms with Crippen LogP contribution in [0, 0.1) is 0 Å². The summed E-state index contributed by atoms with van der Waals surface area (Å²) in [4.78, 5) is 2.53. The van der Waals surface area contributed by atoms with Crippen molar-refractivity contribution in [1.82, 2.24) is 10.2 Å². The lowest BCUT2D eigenvalue weighted by Gasteiger charge is -2.35. The van der Waals surface area contributed by atoms with Gasteiger partial charge in [0, 0.05) is 24.7 Å². The van der Waals surface area contributed by atoms with Gasteiger partial charge in [-0.1, -0.05) is 6.42 Å². The third-order valence-corrected chi connectivity index (χ3v) is 3.66.